The summed E-state index contributed by atoms with van der Waals surface area (Å²) in [5.41, 5.74) is 0. The van der Waals surface area contributed by atoms with Gasteiger partial charge in [-0.2, -0.15) is 0 Å². The van der Waals surface area contributed by atoms with Gasteiger partial charge in [-0.15, -0.1) is 23.5 Å². The molecule has 1 atom stereocenters. The molecule has 0 spiro atoms. The zero-order valence-electron chi connectivity index (χ0n) is 12.0. The number of likely N-dealkylation sites (tertiary alicyclic amines) is 1. The number of hydrogen-bond donors (Lipinski definition) is 0. The Kier molecular flexibility index (Phi) is 6.55. The maximum atomic E-state index is 12.1. The van der Waals surface area contributed by atoms with Gasteiger partial charge in [-0.05, 0) is 19.3 Å². The molecule has 2 fully saturated rings. The van der Waals surface area contributed by atoms with E-state index >= 15 is 0 Å². The lowest BCUT2D eigenvalue weighted by Gasteiger charge is -2.17. The first-order valence-corrected chi connectivity index (χ1v) is 9.36. The molecule has 4 nitrogen and oxygen atoms in total. The van der Waals surface area contributed by atoms with Crippen molar-refractivity contribution in [1.82, 2.24) is 4.90 Å². The van der Waals surface area contributed by atoms with Crippen LogP contribution in [0.2, 0.25) is 0 Å². The Morgan fingerprint density at radius 1 is 1.10 bits per heavy atom. The lowest BCUT2D eigenvalue weighted by molar-refractivity contribution is -0.137. The van der Waals surface area contributed by atoms with Crippen molar-refractivity contribution in [3.63, 3.8) is 0 Å². The largest absolute Gasteiger partial charge is 0.468 e. The summed E-state index contributed by atoms with van der Waals surface area (Å²) in [5, 5.41) is 1.08. The molecular formula is C14H23NO3S2. The van der Waals surface area contributed by atoms with Crippen LogP contribution in [0, 0.1) is 0 Å². The van der Waals surface area contributed by atoms with E-state index in [4.69, 9.17) is 0 Å². The minimum absolute atomic E-state index is 0.184. The number of carbonyl (C=O) groups excluding carboxylic acids is 2. The molecule has 0 unspecified atom stereocenters. The molecule has 1 heterocycles. The molecule has 1 saturated heterocycles. The number of carbonyl (C=O) groups is 2. The lowest BCUT2D eigenvalue weighted by Crippen LogP contribution is -2.31. The first-order chi connectivity index (χ1) is 9.69. The average Bonchev–Trinajstić information content (AvgIpc) is 3.13. The Morgan fingerprint density at radius 3 is 2.50 bits per heavy atom. The predicted octanol–water partition coefficient (Wildman–Crippen LogP) is 2.17. The van der Waals surface area contributed by atoms with E-state index in [2.05, 4.69) is 4.74 Å². The molecule has 1 aliphatic carbocycles. The number of esters is 1. The molecular weight excluding hydrogens is 294 g/mol. The number of rotatable bonds is 6. The van der Waals surface area contributed by atoms with Gasteiger partial charge in [-0.1, -0.05) is 12.8 Å². The van der Waals surface area contributed by atoms with Crippen molar-refractivity contribution in [1.29, 1.82) is 0 Å². The number of hydrogen-bond acceptors (Lipinski definition) is 5. The summed E-state index contributed by atoms with van der Waals surface area (Å²) in [4.78, 5) is 25.2. The minimum atomic E-state index is -0.184. The molecule has 0 N–H and O–H groups in total. The van der Waals surface area contributed by atoms with Crippen molar-refractivity contribution in [2.24, 2.45) is 0 Å². The minimum Gasteiger partial charge on any atom is -0.468 e. The van der Waals surface area contributed by atoms with Gasteiger partial charge >= 0.3 is 5.97 Å². The van der Waals surface area contributed by atoms with E-state index in [0.29, 0.717) is 22.0 Å². The van der Waals surface area contributed by atoms with Crippen molar-refractivity contribution in [2.45, 2.75) is 42.6 Å². The van der Waals surface area contributed by atoms with Gasteiger partial charge < -0.3 is 9.64 Å². The molecule has 1 saturated carbocycles. The normalized spacial score (nSPS) is 23.2. The summed E-state index contributed by atoms with van der Waals surface area (Å²) in [6.07, 6.45) is 6.18. The Hall–Kier alpha value is -0.360. The van der Waals surface area contributed by atoms with Crippen LogP contribution in [-0.2, 0) is 14.3 Å². The standard InChI is InChI=1S/C14H23NO3S2/c1-18-14(17)10-20-12-6-7-15(8-12)13(16)9-19-11-4-2-3-5-11/h11-12H,2-10H2,1H3/t12-/m0/s1. The van der Waals surface area contributed by atoms with Crippen LogP contribution in [0.4, 0.5) is 0 Å². The van der Waals surface area contributed by atoms with Crippen molar-refractivity contribution in [3.8, 4) is 0 Å². The van der Waals surface area contributed by atoms with Crippen molar-refractivity contribution < 1.29 is 14.3 Å². The van der Waals surface area contributed by atoms with Gasteiger partial charge in [-0.3, -0.25) is 9.59 Å². The molecule has 1 amide bonds. The molecule has 0 bridgehead atoms. The summed E-state index contributed by atoms with van der Waals surface area (Å²) in [6.45, 7) is 1.62. The fourth-order valence-corrected chi connectivity index (χ4v) is 4.95. The summed E-state index contributed by atoms with van der Waals surface area (Å²) in [6, 6.07) is 0. The number of methoxy groups -OCH3 is 1. The fraction of sp³-hybridized carbons (Fsp3) is 0.857. The smallest absolute Gasteiger partial charge is 0.315 e. The van der Waals surface area contributed by atoms with Crippen LogP contribution in [0.1, 0.15) is 32.1 Å². The number of nitrogens with zero attached hydrogens (tertiary/aromatic N) is 1. The highest BCUT2D eigenvalue weighted by atomic mass is 32.2. The third-order valence-electron chi connectivity index (χ3n) is 3.91. The van der Waals surface area contributed by atoms with Gasteiger partial charge in [0.1, 0.15) is 0 Å². The van der Waals surface area contributed by atoms with E-state index < -0.39 is 0 Å². The second-order valence-corrected chi connectivity index (χ2v) is 7.93. The SMILES string of the molecule is COC(=O)CS[C@H]1CCN(C(=O)CSC2CCCC2)C1. The van der Waals surface area contributed by atoms with E-state index in [1.54, 1.807) is 11.8 Å². The van der Waals surface area contributed by atoms with Crippen LogP contribution in [0.25, 0.3) is 0 Å². The zero-order valence-corrected chi connectivity index (χ0v) is 13.6. The first kappa shape index (κ1) is 16.0. The molecule has 6 heteroatoms. The average molecular weight is 317 g/mol. The van der Waals surface area contributed by atoms with Gasteiger partial charge in [0.05, 0.1) is 18.6 Å². The summed E-state index contributed by atoms with van der Waals surface area (Å²) >= 11 is 3.44. The molecule has 0 radical (unpaired) electrons. The summed E-state index contributed by atoms with van der Waals surface area (Å²) < 4.78 is 4.64. The topological polar surface area (TPSA) is 46.6 Å². The van der Waals surface area contributed by atoms with Crippen LogP contribution >= 0.6 is 23.5 Å². The van der Waals surface area contributed by atoms with Crippen LogP contribution in [0.15, 0.2) is 0 Å². The van der Waals surface area contributed by atoms with Gasteiger partial charge in [0.2, 0.25) is 5.91 Å². The highest BCUT2D eigenvalue weighted by Gasteiger charge is 2.27. The van der Waals surface area contributed by atoms with Gasteiger partial charge in [0.15, 0.2) is 0 Å². The van der Waals surface area contributed by atoms with Gasteiger partial charge in [0.25, 0.3) is 0 Å². The molecule has 0 aromatic rings. The lowest BCUT2D eigenvalue weighted by atomic mass is 10.4. The molecule has 0 aromatic carbocycles. The Bertz CT molecular complexity index is 345. The fourth-order valence-electron chi connectivity index (χ4n) is 2.67. The van der Waals surface area contributed by atoms with Crippen LogP contribution in [0.5, 0.6) is 0 Å². The third-order valence-corrected chi connectivity index (χ3v) is 6.52. The maximum Gasteiger partial charge on any atom is 0.315 e. The predicted molar refractivity (Wildman–Crippen MR) is 84.2 cm³/mol. The van der Waals surface area contributed by atoms with Crippen LogP contribution < -0.4 is 0 Å². The van der Waals surface area contributed by atoms with Crippen LogP contribution in [-0.4, -0.2) is 59.0 Å². The Morgan fingerprint density at radius 2 is 1.80 bits per heavy atom. The van der Waals surface area contributed by atoms with Crippen molar-refractivity contribution in [3.05, 3.63) is 0 Å². The third kappa shape index (κ3) is 4.88. The monoisotopic (exact) mass is 317 g/mol. The van der Waals surface area contributed by atoms with Crippen molar-refractivity contribution >= 4 is 35.4 Å². The van der Waals surface area contributed by atoms with E-state index in [1.165, 1.54) is 32.8 Å². The highest BCUT2D eigenvalue weighted by Crippen LogP contribution is 2.30. The molecule has 1 aliphatic heterocycles. The second-order valence-electron chi connectivity index (χ2n) is 5.36. The number of thioether (sulfide) groups is 2. The Balaban J connectivity index is 1.63. The molecule has 2 aliphatic rings. The Labute approximate surface area is 129 Å². The first-order valence-electron chi connectivity index (χ1n) is 7.27. The quantitative estimate of drug-likeness (QED) is 0.703. The van der Waals surface area contributed by atoms with Gasteiger partial charge in [0, 0.05) is 23.6 Å². The van der Waals surface area contributed by atoms with E-state index in [0.717, 1.165) is 19.5 Å². The molecule has 20 heavy (non-hydrogen) atoms. The maximum absolute atomic E-state index is 12.1. The molecule has 0 aromatic heterocycles. The number of ether oxygens (including phenoxy) is 1. The van der Waals surface area contributed by atoms with Gasteiger partial charge in [-0.25, -0.2) is 0 Å². The van der Waals surface area contributed by atoms with Crippen LogP contribution in [0.3, 0.4) is 0 Å². The molecule has 114 valence electrons. The van der Waals surface area contributed by atoms with Crippen molar-refractivity contribution in [2.75, 3.05) is 31.7 Å². The second kappa shape index (κ2) is 8.17. The van der Waals surface area contributed by atoms with E-state index in [1.807, 2.05) is 16.7 Å². The van der Waals surface area contributed by atoms with E-state index in [-0.39, 0.29) is 11.9 Å². The highest BCUT2D eigenvalue weighted by molar-refractivity contribution is 8.00. The number of amides is 1. The zero-order chi connectivity index (χ0) is 14.4. The summed E-state index contributed by atoms with van der Waals surface area (Å²) in [7, 11) is 1.41. The summed E-state index contributed by atoms with van der Waals surface area (Å²) in [5.74, 6) is 1.10. The molecule has 2 rings (SSSR count). The van der Waals surface area contributed by atoms with E-state index in [9.17, 15) is 9.59 Å².